The third-order valence-electron chi connectivity index (χ3n) is 5.62. The number of thiophene rings is 1. The van der Waals surface area contributed by atoms with Crippen LogP contribution in [0.2, 0.25) is 0 Å². The van der Waals surface area contributed by atoms with Crippen LogP contribution in [0, 0.1) is 0 Å². The van der Waals surface area contributed by atoms with Crippen molar-refractivity contribution in [2.75, 3.05) is 10.7 Å². The van der Waals surface area contributed by atoms with Crippen LogP contribution < -0.4 is 16.3 Å². The minimum Gasteiger partial charge on any atom is -0.508 e. The molecular weight excluding hydrogens is 440 g/mol. The zero-order valence-electron chi connectivity index (χ0n) is 16.3. The van der Waals surface area contributed by atoms with E-state index in [1.807, 2.05) is 0 Å². The molecule has 11 heteroatoms. The van der Waals surface area contributed by atoms with Crippen LogP contribution in [0.1, 0.15) is 37.7 Å². The van der Waals surface area contributed by atoms with Crippen molar-refractivity contribution < 1.29 is 18.6 Å². The summed E-state index contributed by atoms with van der Waals surface area (Å²) in [6, 6.07) is 5.65. The summed E-state index contributed by atoms with van der Waals surface area (Å²) in [5.41, 5.74) is 3.16. The lowest BCUT2D eigenvalue weighted by Crippen LogP contribution is -2.40. The standard InChI is InChI=1S/C20H20N4O5S2/c25-12-6-7-13-15(10-12)31(28,29)23-19(21-13)16-17(26)18-14(8-9-30-18)24(20(16)27)22-11-4-2-1-3-5-11/h6-11,22,25-26H,1-5H2,(H,21,23). The second-order valence-corrected chi connectivity index (χ2v) is 10.2. The van der Waals surface area contributed by atoms with Crippen molar-refractivity contribution >= 4 is 43.1 Å². The van der Waals surface area contributed by atoms with Crippen molar-refractivity contribution in [3.63, 3.8) is 0 Å². The van der Waals surface area contributed by atoms with E-state index in [0.717, 1.165) is 38.2 Å². The largest absolute Gasteiger partial charge is 0.508 e. The van der Waals surface area contributed by atoms with E-state index in [-0.39, 0.29) is 39.5 Å². The van der Waals surface area contributed by atoms with Crippen LogP contribution in [0.5, 0.6) is 11.5 Å². The van der Waals surface area contributed by atoms with Crippen molar-refractivity contribution in [1.82, 2.24) is 4.68 Å². The number of nitrogens with zero attached hydrogens (tertiary/aromatic N) is 2. The average Bonchev–Trinajstić information content (AvgIpc) is 3.22. The Labute approximate surface area is 181 Å². The number of anilines is 1. The van der Waals surface area contributed by atoms with Gasteiger partial charge in [0.05, 0.1) is 15.9 Å². The summed E-state index contributed by atoms with van der Waals surface area (Å²) in [5.74, 6) is -0.791. The van der Waals surface area contributed by atoms with Crippen molar-refractivity contribution in [3.05, 3.63) is 45.6 Å². The Kier molecular flexibility index (Phi) is 4.67. The van der Waals surface area contributed by atoms with Gasteiger partial charge in [0, 0.05) is 12.1 Å². The molecule has 3 aromatic rings. The molecule has 1 aliphatic heterocycles. The molecule has 2 aromatic heterocycles. The number of hydrogen-bond acceptors (Lipinski definition) is 8. The van der Waals surface area contributed by atoms with Gasteiger partial charge in [-0.1, -0.05) is 19.3 Å². The van der Waals surface area contributed by atoms with Gasteiger partial charge in [-0.2, -0.15) is 8.42 Å². The molecular formula is C20H20N4O5S2. The fourth-order valence-corrected chi connectivity index (χ4v) is 6.07. The van der Waals surface area contributed by atoms with Crippen molar-refractivity contribution in [1.29, 1.82) is 0 Å². The summed E-state index contributed by atoms with van der Waals surface area (Å²) >= 11 is 1.25. The number of amidine groups is 1. The van der Waals surface area contributed by atoms with Crippen molar-refractivity contribution in [2.45, 2.75) is 43.0 Å². The van der Waals surface area contributed by atoms with Crippen LogP contribution in [0.4, 0.5) is 5.69 Å². The molecule has 4 N–H and O–H groups in total. The van der Waals surface area contributed by atoms with Gasteiger partial charge in [-0.15, -0.1) is 15.7 Å². The number of benzene rings is 1. The molecule has 1 aliphatic carbocycles. The predicted molar refractivity (Wildman–Crippen MR) is 119 cm³/mol. The number of pyridine rings is 1. The van der Waals surface area contributed by atoms with E-state index in [2.05, 4.69) is 15.1 Å². The molecule has 5 rings (SSSR count). The number of phenols is 1. The number of aromatic hydroxyl groups is 2. The second kappa shape index (κ2) is 7.27. The molecule has 0 saturated heterocycles. The van der Waals surface area contributed by atoms with Gasteiger partial charge in [-0.25, -0.2) is 4.68 Å². The fourth-order valence-electron chi connectivity index (χ4n) is 4.10. The lowest BCUT2D eigenvalue weighted by atomic mass is 9.96. The van der Waals surface area contributed by atoms with Crippen molar-refractivity contribution in [2.24, 2.45) is 4.40 Å². The van der Waals surface area contributed by atoms with E-state index in [9.17, 15) is 23.4 Å². The highest BCUT2D eigenvalue weighted by Gasteiger charge is 2.31. The summed E-state index contributed by atoms with van der Waals surface area (Å²) in [4.78, 5) is 13.2. The van der Waals surface area contributed by atoms with Crippen LogP contribution in [0.3, 0.4) is 0 Å². The maximum absolute atomic E-state index is 13.4. The zero-order chi connectivity index (χ0) is 21.8. The number of sulfonamides is 1. The third-order valence-corrected chi connectivity index (χ3v) is 7.84. The van der Waals surface area contributed by atoms with Crippen LogP contribution in [0.25, 0.3) is 10.2 Å². The number of nitrogens with one attached hydrogen (secondary N) is 2. The molecule has 1 fully saturated rings. The summed E-state index contributed by atoms with van der Waals surface area (Å²) in [7, 11) is -4.19. The topological polar surface area (TPSA) is 133 Å². The Bertz CT molecular complexity index is 1380. The number of aromatic nitrogens is 1. The van der Waals surface area contributed by atoms with Crippen LogP contribution in [-0.2, 0) is 10.0 Å². The lowest BCUT2D eigenvalue weighted by molar-refractivity contribution is 0.437. The molecule has 0 atom stereocenters. The summed E-state index contributed by atoms with van der Waals surface area (Å²) in [5, 5.41) is 25.1. The average molecular weight is 461 g/mol. The van der Waals surface area contributed by atoms with E-state index in [0.29, 0.717) is 10.2 Å². The van der Waals surface area contributed by atoms with Crippen LogP contribution in [0.15, 0.2) is 43.7 Å². The molecule has 2 aliphatic rings. The Balaban J connectivity index is 1.68. The first-order valence-corrected chi connectivity index (χ1v) is 12.2. The lowest BCUT2D eigenvalue weighted by Gasteiger charge is -2.26. The van der Waals surface area contributed by atoms with Gasteiger partial charge in [0.2, 0.25) is 0 Å². The summed E-state index contributed by atoms with van der Waals surface area (Å²) in [6.07, 6.45) is 5.16. The van der Waals surface area contributed by atoms with E-state index in [1.165, 1.54) is 28.1 Å². The molecule has 9 nitrogen and oxygen atoms in total. The van der Waals surface area contributed by atoms with E-state index in [1.54, 1.807) is 11.4 Å². The molecule has 3 heterocycles. The normalized spacial score (nSPS) is 18.3. The number of phenolic OH excluding ortho intramolecular Hbond substituents is 1. The van der Waals surface area contributed by atoms with E-state index < -0.39 is 15.6 Å². The smallest absolute Gasteiger partial charge is 0.286 e. The Morgan fingerprint density at radius 2 is 1.94 bits per heavy atom. The molecule has 31 heavy (non-hydrogen) atoms. The van der Waals surface area contributed by atoms with Crippen molar-refractivity contribution in [3.8, 4) is 11.5 Å². The van der Waals surface area contributed by atoms with Crippen LogP contribution in [-0.4, -0.2) is 35.2 Å². The monoisotopic (exact) mass is 460 g/mol. The first-order valence-electron chi connectivity index (χ1n) is 9.92. The van der Waals surface area contributed by atoms with Gasteiger partial charge < -0.3 is 21.0 Å². The first-order chi connectivity index (χ1) is 14.8. The molecule has 0 unspecified atom stereocenters. The highest BCUT2D eigenvalue weighted by Crippen LogP contribution is 2.35. The summed E-state index contributed by atoms with van der Waals surface area (Å²) < 4.78 is 31.0. The van der Waals surface area contributed by atoms with E-state index in [4.69, 9.17) is 0 Å². The number of rotatable bonds is 3. The fraction of sp³-hybridized carbons (Fsp3) is 0.300. The zero-order valence-corrected chi connectivity index (χ0v) is 18.0. The second-order valence-electron chi connectivity index (χ2n) is 7.68. The SMILES string of the molecule is O=c1c(C2=NS(=O)(=O)c3cc(O)ccc3N2)c(O)c2sccc2n1NC1CCCCC1. The quantitative estimate of drug-likeness (QED) is 0.442. The molecule has 0 amide bonds. The van der Waals surface area contributed by atoms with Gasteiger partial charge in [0.15, 0.2) is 11.6 Å². The van der Waals surface area contributed by atoms with Gasteiger partial charge in [0.25, 0.3) is 15.6 Å². The van der Waals surface area contributed by atoms with E-state index >= 15 is 0 Å². The number of hydrogen-bond donors (Lipinski definition) is 4. The van der Waals surface area contributed by atoms with Gasteiger partial charge in [0.1, 0.15) is 16.2 Å². The Morgan fingerprint density at radius 1 is 1.16 bits per heavy atom. The number of fused-ring (bicyclic) bond motifs is 2. The van der Waals surface area contributed by atoms with Gasteiger partial charge >= 0.3 is 0 Å². The molecule has 1 aromatic carbocycles. The minimum atomic E-state index is -4.19. The van der Waals surface area contributed by atoms with Crippen LogP contribution >= 0.6 is 11.3 Å². The molecule has 1 saturated carbocycles. The molecule has 0 radical (unpaired) electrons. The maximum Gasteiger partial charge on any atom is 0.286 e. The molecule has 0 bridgehead atoms. The highest BCUT2D eigenvalue weighted by atomic mass is 32.2. The molecule has 162 valence electrons. The predicted octanol–water partition coefficient (Wildman–Crippen LogP) is 2.91. The van der Waals surface area contributed by atoms with Gasteiger partial charge in [-0.05, 0) is 36.4 Å². The van der Waals surface area contributed by atoms with Gasteiger partial charge in [-0.3, -0.25) is 4.79 Å². The Hall–Kier alpha value is -3.05. The minimum absolute atomic E-state index is 0.112. The molecule has 0 spiro atoms. The first kappa shape index (κ1) is 19.9. The Morgan fingerprint density at radius 3 is 2.71 bits per heavy atom. The third kappa shape index (κ3) is 3.33. The summed E-state index contributed by atoms with van der Waals surface area (Å²) in [6.45, 7) is 0. The highest BCUT2D eigenvalue weighted by molar-refractivity contribution is 7.90. The maximum atomic E-state index is 13.4.